The Labute approximate surface area is 105 Å². The minimum Gasteiger partial charge on any atom is -0.366 e. The largest absolute Gasteiger partial charge is 0.366 e. The van der Waals surface area contributed by atoms with Crippen molar-refractivity contribution in [1.82, 2.24) is 10.2 Å². The van der Waals surface area contributed by atoms with Crippen LogP contribution in [-0.4, -0.2) is 48.2 Å². The van der Waals surface area contributed by atoms with Gasteiger partial charge in [-0.2, -0.15) is 0 Å². The molecule has 17 heavy (non-hydrogen) atoms. The Morgan fingerprint density at radius 3 is 2.24 bits per heavy atom. The highest BCUT2D eigenvalue weighted by molar-refractivity contribution is 5.78. The summed E-state index contributed by atoms with van der Waals surface area (Å²) in [5.41, 5.74) is -0.523. The summed E-state index contributed by atoms with van der Waals surface area (Å²) in [4.78, 5) is 14.0. The van der Waals surface area contributed by atoms with Gasteiger partial charge in [0, 0.05) is 13.1 Å². The lowest BCUT2D eigenvalue weighted by Crippen LogP contribution is -2.59. The van der Waals surface area contributed by atoms with Crippen LogP contribution >= 0.6 is 0 Å². The van der Waals surface area contributed by atoms with E-state index >= 15 is 0 Å². The first-order chi connectivity index (χ1) is 7.76. The lowest BCUT2D eigenvalue weighted by molar-refractivity contribution is -0.187. The van der Waals surface area contributed by atoms with E-state index in [0.29, 0.717) is 19.6 Å². The molecular weight excluding hydrogens is 216 g/mol. The molecular formula is C13H26N2O2. The first-order valence-electron chi connectivity index (χ1n) is 6.44. The van der Waals surface area contributed by atoms with E-state index in [0.717, 1.165) is 13.0 Å². The Hall–Kier alpha value is -0.610. The van der Waals surface area contributed by atoms with E-state index in [9.17, 15) is 4.79 Å². The molecule has 1 saturated heterocycles. The predicted molar refractivity (Wildman–Crippen MR) is 69.0 cm³/mol. The van der Waals surface area contributed by atoms with Gasteiger partial charge in [0.1, 0.15) is 0 Å². The fourth-order valence-electron chi connectivity index (χ4n) is 2.45. The highest BCUT2D eigenvalue weighted by Gasteiger charge is 2.39. The molecule has 0 aromatic heterocycles. The van der Waals surface area contributed by atoms with Crippen molar-refractivity contribution in [3.05, 3.63) is 0 Å². The second-order valence-corrected chi connectivity index (χ2v) is 6.05. The highest BCUT2D eigenvalue weighted by Crippen LogP contribution is 2.27. The predicted octanol–water partition coefficient (Wildman–Crippen LogP) is 1.40. The van der Waals surface area contributed by atoms with Gasteiger partial charge in [-0.1, -0.05) is 6.92 Å². The summed E-state index contributed by atoms with van der Waals surface area (Å²) in [5.74, 6) is 0.169. The van der Waals surface area contributed by atoms with Crippen LogP contribution in [-0.2, 0) is 9.53 Å². The molecule has 0 spiro atoms. The molecule has 1 N–H and O–H groups in total. The van der Waals surface area contributed by atoms with Crippen LogP contribution in [0.2, 0.25) is 0 Å². The minimum absolute atomic E-state index is 0.169. The van der Waals surface area contributed by atoms with Gasteiger partial charge < -0.3 is 15.0 Å². The van der Waals surface area contributed by atoms with Crippen LogP contribution in [0.4, 0.5) is 0 Å². The fraction of sp³-hybridized carbons (Fsp3) is 0.923. The molecule has 0 unspecified atom stereocenters. The Balaban J connectivity index is 2.55. The zero-order valence-corrected chi connectivity index (χ0v) is 11.8. The maximum absolute atomic E-state index is 12.1. The lowest BCUT2D eigenvalue weighted by Gasteiger charge is -2.47. The van der Waals surface area contributed by atoms with Crippen molar-refractivity contribution in [3.63, 3.8) is 0 Å². The van der Waals surface area contributed by atoms with Crippen LogP contribution in [0.1, 0.15) is 41.0 Å². The van der Waals surface area contributed by atoms with Crippen molar-refractivity contribution < 1.29 is 9.53 Å². The van der Waals surface area contributed by atoms with Crippen LogP contribution in [0.15, 0.2) is 0 Å². The summed E-state index contributed by atoms with van der Waals surface area (Å²) in [6.45, 7) is 12.9. The summed E-state index contributed by atoms with van der Waals surface area (Å²) in [7, 11) is 0. The van der Waals surface area contributed by atoms with Gasteiger partial charge in [0.25, 0.3) is 0 Å². The van der Waals surface area contributed by atoms with E-state index in [-0.39, 0.29) is 17.1 Å². The number of amides is 1. The lowest BCUT2D eigenvalue weighted by atomic mass is 9.99. The standard InChI is InChI=1S/C13H26N2O2/c1-6-7-14-8-11(16)15-9-12(2,3)17-13(4,5)10-15/h14H,6-10H2,1-5H3. The van der Waals surface area contributed by atoms with E-state index in [1.54, 1.807) is 0 Å². The molecule has 1 aliphatic rings. The highest BCUT2D eigenvalue weighted by atomic mass is 16.5. The van der Waals surface area contributed by atoms with E-state index in [1.165, 1.54) is 0 Å². The molecule has 1 fully saturated rings. The van der Waals surface area contributed by atoms with Crippen molar-refractivity contribution >= 4 is 5.91 Å². The number of nitrogens with zero attached hydrogens (tertiary/aromatic N) is 1. The Morgan fingerprint density at radius 1 is 1.24 bits per heavy atom. The Bertz CT molecular complexity index is 259. The molecule has 1 amide bonds. The van der Waals surface area contributed by atoms with Gasteiger partial charge in [-0.25, -0.2) is 0 Å². The smallest absolute Gasteiger partial charge is 0.236 e. The topological polar surface area (TPSA) is 41.6 Å². The number of carbonyl (C=O) groups excluding carboxylic acids is 1. The Morgan fingerprint density at radius 2 is 1.76 bits per heavy atom. The quantitative estimate of drug-likeness (QED) is 0.758. The van der Waals surface area contributed by atoms with Crippen molar-refractivity contribution in [2.45, 2.75) is 52.2 Å². The van der Waals surface area contributed by atoms with Crippen LogP contribution in [0.5, 0.6) is 0 Å². The van der Waals surface area contributed by atoms with Crippen molar-refractivity contribution in [2.24, 2.45) is 0 Å². The summed E-state index contributed by atoms with van der Waals surface area (Å²) < 4.78 is 5.95. The van der Waals surface area contributed by atoms with E-state index in [2.05, 4.69) is 12.2 Å². The number of rotatable bonds is 4. The van der Waals surface area contributed by atoms with Gasteiger partial charge in [-0.05, 0) is 40.7 Å². The van der Waals surface area contributed by atoms with E-state index in [4.69, 9.17) is 4.74 Å². The Kier molecular flexibility index (Phi) is 4.55. The first-order valence-corrected chi connectivity index (χ1v) is 6.44. The molecule has 4 nitrogen and oxygen atoms in total. The molecule has 0 aromatic rings. The summed E-state index contributed by atoms with van der Waals surface area (Å²) in [6.07, 6.45) is 1.05. The van der Waals surface area contributed by atoms with Crippen molar-refractivity contribution in [2.75, 3.05) is 26.2 Å². The van der Waals surface area contributed by atoms with Gasteiger partial charge >= 0.3 is 0 Å². The minimum atomic E-state index is -0.262. The maximum Gasteiger partial charge on any atom is 0.236 e. The number of hydrogen-bond acceptors (Lipinski definition) is 3. The van der Waals surface area contributed by atoms with Crippen LogP contribution in [0.25, 0.3) is 0 Å². The zero-order chi connectivity index (χ0) is 13.1. The van der Waals surface area contributed by atoms with E-state index < -0.39 is 0 Å². The third-order valence-electron chi connectivity index (χ3n) is 2.75. The molecule has 100 valence electrons. The van der Waals surface area contributed by atoms with Crippen molar-refractivity contribution in [1.29, 1.82) is 0 Å². The van der Waals surface area contributed by atoms with Crippen LogP contribution in [0.3, 0.4) is 0 Å². The third kappa shape index (κ3) is 4.64. The number of nitrogens with one attached hydrogen (secondary N) is 1. The first kappa shape index (κ1) is 14.5. The zero-order valence-electron chi connectivity index (χ0n) is 11.8. The molecule has 0 bridgehead atoms. The molecule has 0 atom stereocenters. The number of carbonyl (C=O) groups is 1. The summed E-state index contributed by atoms with van der Waals surface area (Å²) >= 11 is 0. The second kappa shape index (κ2) is 5.36. The molecule has 1 rings (SSSR count). The summed E-state index contributed by atoms with van der Waals surface area (Å²) in [5, 5.41) is 3.15. The maximum atomic E-state index is 12.1. The third-order valence-corrected chi connectivity index (χ3v) is 2.75. The number of ether oxygens (including phenoxy) is 1. The fourth-order valence-corrected chi connectivity index (χ4v) is 2.45. The van der Waals surface area contributed by atoms with E-state index in [1.807, 2.05) is 32.6 Å². The second-order valence-electron chi connectivity index (χ2n) is 6.05. The average molecular weight is 242 g/mol. The normalized spacial score (nSPS) is 22.5. The molecule has 0 aromatic carbocycles. The van der Waals surface area contributed by atoms with Gasteiger partial charge in [0.2, 0.25) is 5.91 Å². The number of morpholine rings is 1. The van der Waals surface area contributed by atoms with Gasteiger partial charge in [-0.15, -0.1) is 0 Å². The molecule has 0 aliphatic carbocycles. The summed E-state index contributed by atoms with van der Waals surface area (Å²) in [6, 6.07) is 0. The van der Waals surface area contributed by atoms with Crippen LogP contribution < -0.4 is 5.32 Å². The average Bonchev–Trinajstić information content (AvgIpc) is 2.13. The van der Waals surface area contributed by atoms with Gasteiger partial charge in [-0.3, -0.25) is 4.79 Å². The molecule has 1 heterocycles. The monoisotopic (exact) mass is 242 g/mol. The SMILES string of the molecule is CCCNCC(=O)N1CC(C)(C)OC(C)(C)C1. The molecule has 0 radical (unpaired) electrons. The van der Waals surface area contributed by atoms with Gasteiger partial charge in [0.05, 0.1) is 17.7 Å². The molecule has 1 aliphatic heterocycles. The van der Waals surface area contributed by atoms with Gasteiger partial charge in [0.15, 0.2) is 0 Å². The number of hydrogen-bond donors (Lipinski definition) is 1. The van der Waals surface area contributed by atoms with Crippen LogP contribution in [0, 0.1) is 0 Å². The molecule has 0 saturated carbocycles. The molecule has 4 heteroatoms. The van der Waals surface area contributed by atoms with Crippen molar-refractivity contribution in [3.8, 4) is 0 Å².